The number of nitrogens with zero attached hydrogens (tertiary/aromatic N) is 5. The number of halogens is 11. The van der Waals surface area contributed by atoms with Gasteiger partial charge in [-0.2, -0.15) is 39.5 Å². The number of anilines is 1. The molecule has 3 heterocycles. The average Bonchev–Trinajstić information content (AvgIpc) is 3.36. The molecule has 0 fully saturated rings. The maximum Gasteiger partial charge on any atom is 0.451 e. The van der Waals surface area contributed by atoms with Gasteiger partial charge in [0.15, 0.2) is 11.3 Å². The van der Waals surface area contributed by atoms with Crippen molar-refractivity contribution in [3.8, 4) is 5.69 Å². The van der Waals surface area contributed by atoms with Crippen molar-refractivity contribution >= 4 is 51.4 Å². The van der Waals surface area contributed by atoms with Crippen LogP contribution in [0.5, 0.6) is 0 Å². The van der Waals surface area contributed by atoms with Crippen LogP contribution in [-0.2, 0) is 25.1 Å². The minimum absolute atomic E-state index is 0.243. The molecule has 0 atom stereocenters. The molecule has 6 nitrogen and oxygen atoms in total. The third kappa shape index (κ3) is 5.01. The lowest BCUT2D eigenvalue weighted by Crippen LogP contribution is -2.18. The van der Waals surface area contributed by atoms with E-state index in [-0.39, 0.29) is 6.54 Å². The molecule has 4 aromatic rings. The predicted molar refractivity (Wildman–Crippen MR) is 111 cm³/mol. The molecule has 0 saturated carbocycles. The van der Waals surface area contributed by atoms with Crippen LogP contribution in [0.4, 0.5) is 45.3 Å². The molecule has 0 saturated heterocycles. The third-order valence-corrected chi connectivity index (χ3v) is 5.86. The number of thiazole rings is 1. The minimum atomic E-state index is -5.40. The SMILES string of the molecule is FC(F)(F)c1cc(Cl)c(-n2nc3nc(C(F)(F)F)nc(C(F)(F)F)c3c2NCc2nccs2)c(Cl)c1. The first-order chi connectivity index (χ1) is 16.6. The second-order valence-electron chi connectivity index (χ2n) is 6.92. The molecule has 18 heteroatoms. The van der Waals surface area contributed by atoms with Crippen LogP contribution in [0, 0.1) is 0 Å². The van der Waals surface area contributed by atoms with Gasteiger partial charge in [0.2, 0.25) is 5.82 Å². The highest BCUT2D eigenvalue weighted by Gasteiger charge is 2.43. The zero-order valence-electron chi connectivity index (χ0n) is 16.8. The van der Waals surface area contributed by atoms with Crippen LogP contribution in [-0.4, -0.2) is 24.7 Å². The summed E-state index contributed by atoms with van der Waals surface area (Å²) in [7, 11) is 0. The number of fused-ring (bicyclic) bond motifs is 1. The van der Waals surface area contributed by atoms with E-state index in [4.69, 9.17) is 23.2 Å². The largest absolute Gasteiger partial charge is 0.451 e. The van der Waals surface area contributed by atoms with E-state index in [9.17, 15) is 39.5 Å². The fourth-order valence-electron chi connectivity index (χ4n) is 3.08. The van der Waals surface area contributed by atoms with Gasteiger partial charge in [0.25, 0.3) is 0 Å². The predicted octanol–water partition coefficient (Wildman–Crippen LogP) is 7.25. The second kappa shape index (κ2) is 8.92. The van der Waals surface area contributed by atoms with Crippen LogP contribution in [0.2, 0.25) is 10.0 Å². The normalized spacial score (nSPS) is 13.0. The van der Waals surface area contributed by atoms with Crippen LogP contribution in [0.3, 0.4) is 0 Å². The summed E-state index contributed by atoms with van der Waals surface area (Å²) in [4.78, 5) is 9.70. The highest BCUT2D eigenvalue weighted by molar-refractivity contribution is 7.09. The number of benzene rings is 1. The quantitative estimate of drug-likeness (QED) is 0.258. The average molecular weight is 581 g/mol. The lowest BCUT2D eigenvalue weighted by Gasteiger charge is -2.16. The first-order valence-electron chi connectivity index (χ1n) is 9.21. The number of rotatable bonds is 4. The summed E-state index contributed by atoms with van der Waals surface area (Å²) in [6, 6.07) is 0.883. The van der Waals surface area contributed by atoms with E-state index in [2.05, 4.69) is 25.4 Å². The molecule has 0 bridgehead atoms. The Kier molecular flexibility index (Phi) is 6.49. The Balaban J connectivity index is 2.04. The Labute approximate surface area is 207 Å². The molecule has 192 valence electrons. The summed E-state index contributed by atoms with van der Waals surface area (Å²) in [5.41, 5.74) is -4.84. The van der Waals surface area contributed by atoms with E-state index in [0.29, 0.717) is 21.8 Å². The van der Waals surface area contributed by atoms with Crippen molar-refractivity contribution in [3.63, 3.8) is 0 Å². The fraction of sp³-hybridized carbons (Fsp3) is 0.222. The van der Waals surface area contributed by atoms with Gasteiger partial charge < -0.3 is 5.32 Å². The number of nitrogens with one attached hydrogen (secondary N) is 1. The molecular weight excluding hydrogens is 574 g/mol. The van der Waals surface area contributed by atoms with Gasteiger partial charge in [-0.15, -0.1) is 16.4 Å². The van der Waals surface area contributed by atoms with Gasteiger partial charge in [-0.25, -0.2) is 19.6 Å². The van der Waals surface area contributed by atoms with Crippen molar-refractivity contribution in [3.05, 3.63) is 55.8 Å². The maximum atomic E-state index is 13.8. The van der Waals surface area contributed by atoms with Crippen molar-refractivity contribution in [2.45, 2.75) is 25.1 Å². The fourth-order valence-corrected chi connectivity index (χ4v) is 4.28. The number of hydrogen-bond donors (Lipinski definition) is 1. The van der Waals surface area contributed by atoms with Gasteiger partial charge >= 0.3 is 18.5 Å². The van der Waals surface area contributed by atoms with Crippen molar-refractivity contribution < 1.29 is 39.5 Å². The van der Waals surface area contributed by atoms with E-state index in [1.165, 1.54) is 6.20 Å². The minimum Gasteiger partial charge on any atom is -0.363 e. The van der Waals surface area contributed by atoms with E-state index in [0.717, 1.165) is 11.3 Å². The molecule has 0 aliphatic heterocycles. The van der Waals surface area contributed by atoms with E-state index in [1.54, 1.807) is 5.38 Å². The Morgan fingerprint density at radius 1 is 0.889 bits per heavy atom. The molecule has 0 aliphatic rings. The summed E-state index contributed by atoms with van der Waals surface area (Å²) in [5.74, 6) is -2.74. The summed E-state index contributed by atoms with van der Waals surface area (Å²) >= 11 is 13.1. The van der Waals surface area contributed by atoms with Gasteiger partial charge in [-0.3, -0.25) is 0 Å². The van der Waals surface area contributed by atoms with Gasteiger partial charge in [0.05, 0.1) is 27.5 Å². The Hall–Kier alpha value is -2.85. The first kappa shape index (κ1) is 26.2. The number of hydrogen-bond acceptors (Lipinski definition) is 6. The van der Waals surface area contributed by atoms with Gasteiger partial charge in [0.1, 0.15) is 16.5 Å². The Morgan fingerprint density at radius 2 is 1.53 bits per heavy atom. The molecule has 0 radical (unpaired) electrons. The smallest absolute Gasteiger partial charge is 0.363 e. The van der Waals surface area contributed by atoms with Gasteiger partial charge in [-0.05, 0) is 12.1 Å². The van der Waals surface area contributed by atoms with Crippen LogP contribution in [0.25, 0.3) is 16.7 Å². The van der Waals surface area contributed by atoms with Crippen molar-refractivity contribution in [1.29, 1.82) is 0 Å². The van der Waals surface area contributed by atoms with Crippen molar-refractivity contribution in [2.24, 2.45) is 0 Å². The Bertz CT molecular complexity index is 1410. The second-order valence-corrected chi connectivity index (χ2v) is 8.71. The van der Waals surface area contributed by atoms with E-state index in [1.807, 2.05) is 0 Å². The van der Waals surface area contributed by atoms with Crippen LogP contribution < -0.4 is 5.32 Å². The topological polar surface area (TPSA) is 68.5 Å². The molecule has 0 unspecified atom stereocenters. The first-order valence-corrected chi connectivity index (χ1v) is 10.8. The van der Waals surface area contributed by atoms with E-state index >= 15 is 0 Å². The summed E-state index contributed by atoms with van der Waals surface area (Å²) in [6.07, 6.45) is -14.2. The van der Waals surface area contributed by atoms with Crippen molar-refractivity contribution in [1.82, 2.24) is 24.7 Å². The third-order valence-electron chi connectivity index (χ3n) is 4.50. The molecule has 0 aliphatic carbocycles. The molecule has 1 aromatic carbocycles. The van der Waals surface area contributed by atoms with Crippen LogP contribution >= 0.6 is 34.5 Å². The molecule has 3 aromatic heterocycles. The Morgan fingerprint density at radius 3 is 2.03 bits per heavy atom. The van der Waals surface area contributed by atoms with Crippen molar-refractivity contribution in [2.75, 3.05) is 5.32 Å². The monoisotopic (exact) mass is 580 g/mol. The summed E-state index contributed by atoms with van der Waals surface area (Å²) in [5, 5.41) is 5.76. The number of alkyl halides is 9. The van der Waals surface area contributed by atoms with Gasteiger partial charge in [-0.1, -0.05) is 23.2 Å². The standard InChI is InChI=1S/C18H7Cl2F9N6S/c19-7-3-6(16(21,22)23)4-8(20)11(7)35-14(31-5-9-30-1-2-36-9)10-12(17(24,25)26)32-15(18(27,28)29)33-13(10)34-35/h1-4,31H,5H2. The summed E-state index contributed by atoms with van der Waals surface area (Å²) in [6.45, 7) is -0.243. The molecule has 36 heavy (non-hydrogen) atoms. The zero-order chi connectivity index (χ0) is 26.6. The molecule has 0 spiro atoms. The van der Waals surface area contributed by atoms with Crippen LogP contribution in [0.15, 0.2) is 23.7 Å². The van der Waals surface area contributed by atoms with E-state index < -0.39 is 68.2 Å². The molecule has 0 amide bonds. The maximum absolute atomic E-state index is 13.8. The highest BCUT2D eigenvalue weighted by Crippen LogP contribution is 2.43. The lowest BCUT2D eigenvalue weighted by molar-refractivity contribution is -0.151. The highest BCUT2D eigenvalue weighted by atomic mass is 35.5. The lowest BCUT2D eigenvalue weighted by atomic mass is 10.2. The molecular formula is C18H7Cl2F9N6S. The van der Waals surface area contributed by atoms with Gasteiger partial charge in [0, 0.05) is 11.6 Å². The zero-order valence-corrected chi connectivity index (χ0v) is 19.1. The van der Waals surface area contributed by atoms with Crippen LogP contribution in [0.1, 0.15) is 22.1 Å². The summed E-state index contributed by atoms with van der Waals surface area (Å²) < 4.78 is 121. The number of aromatic nitrogens is 5. The molecule has 1 N–H and O–H groups in total. The molecule has 4 rings (SSSR count).